The molecule has 0 aromatic heterocycles. The molecule has 0 radical (unpaired) electrons. The normalized spacial score (nSPS) is 21.5. The predicted molar refractivity (Wildman–Crippen MR) is 169 cm³/mol. The second kappa shape index (κ2) is 14.9. The lowest BCUT2D eigenvalue weighted by atomic mass is 9.78. The van der Waals surface area contributed by atoms with E-state index in [2.05, 4.69) is 76.5 Å². The summed E-state index contributed by atoms with van der Waals surface area (Å²) in [6.07, 6.45) is 5.91. The fourth-order valence-electron chi connectivity index (χ4n) is 6.35. The van der Waals surface area contributed by atoms with Gasteiger partial charge in [-0.15, -0.1) is 0 Å². The minimum atomic E-state index is 0.275. The van der Waals surface area contributed by atoms with Crippen LogP contribution in [0.1, 0.15) is 77.5 Å². The number of anilines is 1. The van der Waals surface area contributed by atoms with Crippen LogP contribution in [0, 0.1) is 17.8 Å². The summed E-state index contributed by atoms with van der Waals surface area (Å²) in [4.78, 5) is 10.0. The van der Waals surface area contributed by atoms with Crippen molar-refractivity contribution in [2.75, 3.05) is 64.2 Å². The van der Waals surface area contributed by atoms with Gasteiger partial charge >= 0.3 is 0 Å². The highest BCUT2D eigenvalue weighted by Crippen LogP contribution is 2.39. The lowest BCUT2D eigenvalue weighted by molar-refractivity contribution is 0.0342. The van der Waals surface area contributed by atoms with E-state index in [-0.39, 0.29) is 5.92 Å². The number of morpholine rings is 2. The van der Waals surface area contributed by atoms with E-state index in [1.165, 1.54) is 21.8 Å². The van der Waals surface area contributed by atoms with Crippen LogP contribution in [0.2, 0.25) is 0 Å². The number of aryl methyl sites for hydroxylation is 1. The average molecular weight is 567 g/mol. The molecule has 1 aromatic rings. The molecule has 4 rings (SSSR count). The topological polar surface area (TPSA) is 60.8 Å². The largest absolute Gasteiger partial charge is 0.379 e. The molecule has 2 heterocycles. The number of hydroxylamine groups is 1. The first-order valence-corrected chi connectivity index (χ1v) is 15.9. The highest BCUT2D eigenvalue weighted by molar-refractivity contribution is 5.81. The quantitative estimate of drug-likeness (QED) is 0.193. The third-order valence-corrected chi connectivity index (χ3v) is 8.77. The summed E-state index contributed by atoms with van der Waals surface area (Å²) in [5.41, 5.74) is 8.40. The lowest BCUT2D eigenvalue weighted by Crippen LogP contribution is -2.38. The SMILES string of the molecule is CCc1cc(CN2CCOCC2)cc(C(C)C)c1N(O)C=NC1=C(C(C)C)C=C(CN2CCOCC2)C[C@@H]1C(C)C. The first-order chi connectivity index (χ1) is 19.7. The number of ether oxygens (including phenoxy) is 2. The number of hydrogen-bond acceptors (Lipinski definition) is 6. The number of benzene rings is 1. The van der Waals surface area contributed by atoms with Crippen LogP contribution in [0.4, 0.5) is 5.69 Å². The molecule has 0 unspecified atom stereocenters. The maximum atomic E-state index is 11.5. The Morgan fingerprint density at radius 2 is 1.54 bits per heavy atom. The van der Waals surface area contributed by atoms with E-state index >= 15 is 0 Å². The Bertz CT molecular complexity index is 1100. The molecule has 0 amide bonds. The van der Waals surface area contributed by atoms with E-state index < -0.39 is 0 Å². The van der Waals surface area contributed by atoms with Crippen LogP contribution in [0.5, 0.6) is 0 Å². The summed E-state index contributed by atoms with van der Waals surface area (Å²) in [6.45, 7) is 24.8. The highest BCUT2D eigenvalue weighted by atomic mass is 16.5. The van der Waals surface area contributed by atoms with E-state index in [1.807, 2.05) is 0 Å². The number of hydrogen-bond donors (Lipinski definition) is 1. The molecule has 2 fully saturated rings. The number of nitrogens with zero attached hydrogens (tertiary/aromatic N) is 4. The Kier molecular flexibility index (Phi) is 11.6. The Labute approximate surface area is 248 Å². The smallest absolute Gasteiger partial charge is 0.121 e. The van der Waals surface area contributed by atoms with Gasteiger partial charge in [-0.1, -0.05) is 72.2 Å². The molecule has 1 aromatic carbocycles. The fourth-order valence-corrected chi connectivity index (χ4v) is 6.35. The molecule has 0 saturated carbocycles. The zero-order chi connectivity index (χ0) is 29.5. The Morgan fingerprint density at radius 3 is 2.07 bits per heavy atom. The average Bonchev–Trinajstić information content (AvgIpc) is 2.96. The molecule has 41 heavy (non-hydrogen) atoms. The summed E-state index contributed by atoms with van der Waals surface area (Å²) in [5.74, 6) is 1.40. The molecule has 2 aliphatic heterocycles. The van der Waals surface area contributed by atoms with Gasteiger partial charge in [0, 0.05) is 50.9 Å². The molecular weight excluding hydrogens is 512 g/mol. The molecule has 0 bridgehead atoms. The molecule has 1 aliphatic carbocycles. The van der Waals surface area contributed by atoms with Crippen LogP contribution in [-0.2, 0) is 22.4 Å². The lowest BCUT2D eigenvalue weighted by Gasteiger charge is -2.34. The Morgan fingerprint density at radius 1 is 0.927 bits per heavy atom. The van der Waals surface area contributed by atoms with Crippen LogP contribution in [-0.4, -0.2) is 80.5 Å². The predicted octanol–water partition coefficient (Wildman–Crippen LogP) is 6.27. The van der Waals surface area contributed by atoms with Crippen LogP contribution in [0.25, 0.3) is 0 Å². The van der Waals surface area contributed by atoms with Gasteiger partial charge in [-0.2, -0.15) is 0 Å². The van der Waals surface area contributed by atoms with Gasteiger partial charge in [0.25, 0.3) is 0 Å². The minimum Gasteiger partial charge on any atom is -0.379 e. The molecule has 1 atom stereocenters. The van der Waals surface area contributed by atoms with E-state index in [4.69, 9.17) is 14.5 Å². The summed E-state index contributed by atoms with van der Waals surface area (Å²) in [6, 6.07) is 4.55. The van der Waals surface area contributed by atoms with Gasteiger partial charge < -0.3 is 9.47 Å². The second-order valence-electron chi connectivity index (χ2n) is 12.9. The monoisotopic (exact) mass is 566 g/mol. The number of rotatable bonds is 11. The van der Waals surface area contributed by atoms with Crippen LogP contribution in [0.15, 0.2) is 40.0 Å². The molecule has 7 nitrogen and oxygen atoms in total. The zero-order valence-electron chi connectivity index (χ0n) is 26.7. The third-order valence-electron chi connectivity index (χ3n) is 8.77. The van der Waals surface area contributed by atoms with Crippen molar-refractivity contribution in [1.82, 2.24) is 9.80 Å². The fraction of sp³-hybridized carbons (Fsp3) is 0.676. The van der Waals surface area contributed by atoms with Crippen molar-refractivity contribution >= 4 is 12.0 Å². The summed E-state index contributed by atoms with van der Waals surface area (Å²) >= 11 is 0. The minimum absolute atomic E-state index is 0.275. The number of allylic oxidation sites excluding steroid dienone is 3. The maximum Gasteiger partial charge on any atom is 0.121 e. The Hall–Kier alpha value is -2.03. The highest BCUT2D eigenvalue weighted by Gasteiger charge is 2.29. The first-order valence-electron chi connectivity index (χ1n) is 15.9. The van der Waals surface area contributed by atoms with Crippen molar-refractivity contribution in [3.63, 3.8) is 0 Å². The second-order valence-corrected chi connectivity index (χ2v) is 12.9. The number of aliphatic imine (C=N–C) groups is 1. The summed E-state index contributed by atoms with van der Waals surface area (Å²) in [7, 11) is 0. The molecule has 2 saturated heterocycles. The first kappa shape index (κ1) is 31.9. The summed E-state index contributed by atoms with van der Waals surface area (Å²) < 4.78 is 11.1. The van der Waals surface area contributed by atoms with E-state index in [1.54, 1.807) is 6.34 Å². The van der Waals surface area contributed by atoms with Crippen molar-refractivity contribution in [3.8, 4) is 0 Å². The third kappa shape index (κ3) is 8.29. The van der Waals surface area contributed by atoms with E-state index in [0.717, 1.165) is 101 Å². The standard InChI is InChI=1S/C34H54N4O3/c1-8-29-17-27(21-36-9-13-40-14-10-36)20-32(26(6)7)34(29)38(39)23-35-33-30(24(2)3)18-28(19-31(33)25(4)5)22-37-11-15-41-16-12-37/h17-18,20,23-26,31,39H,8-16,19,21-22H2,1-7H3/t31-/m1/s1. The van der Waals surface area contributed by atoms with Crippen molar-refractivity contribution in [3.05, 3.63) is 51.7 Å². The molecule has 1 N–H and O–H groups in total. The van der Waals surface area contributed by atoms with Crippen molar-refractivity contribution < 1.29 is 14.7 Å². The zero-order valence-corrected chi connectivity index (χ0v) is 26.7. The van der Waals surface area contributed by atoms with E-state index in [0.29, 0.717) is 17.8 Å². The molecule has 0 spiro atoms. The van der Waals surface area contributed by atoms with Crippen LogP contribution in [0.3, 0.4) is 0 Å². The molecule has 7 heteroatoms. The molecular formula is C34H54N4O3. The van der Waals surface area contributed by atoms with Crippen molar-refractivity contribution in [2.45, 2.75) is 73.8 Å². The van der Waals surface area contributed by atoms with Gasteiger partial charge in [0.05, 0.1) is 32.1 Å². The maximum absolute atomic E-state index is 11.5. The van der Waals surface area contributed by atoms with Gasteiger partial charge in [0.2, 0.25) is 0 Å². The van der Waals surface area contributed by atoms with Crippen molar-refractivity contribution in [1.29, 1.82) is 0 Å². The van der Waals surface area contributed by atoms with Gasteiger partial charge in [-0.05, 0) is 52.9 Å². The van der Waals surface area contributed by atoms with Gasteiger partial charge in [-0.25, -0.2) is 10.1 Å². The molecule has 228 valence electrons. The summed E-state index contributed by atoms with van der Waals surface area (Å²) in [5, 5.41) is 12.8. The van der Waals surface area contributed by atoms with Gasteiger partial charge in [0.15, 0.2) is 0 Å². The van der Waals surface area contributed by atoms with E-state index in [9.17, 15) is 5.21 Å². The van der Waals surface area contributed by atoms with Gasteiger partial charge in [-0.3, -0.25) is 15.0 Å². The van der Waals surface area contributed by atoms with Crippen LogP contribution < -0.4 is 5.06 Å². The van der Waals surface area contributed by atoms with Gasteiger partial charge in [0.1, 0.15) is 6.34 Å². The van der Waals surface area contributed by atoms with Crippen LogP contribution >= 0.6 is 0 Å². The Balaban J connectivity index is 1.64. The van der Waals surface area contributed by atoms with Crippen molar-refractivity contribution in [2.24, 2.45) is 22.7 Å². The molecule has 3 aliphatic rings.